The molecule has 0 aromatic heterocycles. The van der Waals surface area contributed by atoms with Gasteiger partial charge in [-0.25, -0.2) is 0 Å². The predicted octanol–water partition coefficient (Wildman–Crippen LogP) is 5.14. The van der Waals surface area contributed by atoms with Gasteiger partial charge in [-0.1, -0.05) is 71.2 Å². The molecule has 3 heteroatoms. The lowest BCUT2D eigenvalue weighted by molar-refractivity contribution is 0.117. The van der Waals surface area contributed by atoms with E-state index in [2.05, 4.69) is 45.1 Å². The second-order valence-corrected chi connectivity index (χ2v) is 7.64. The molecule has 0 amide bonds. The average Bonchev–Trinajstić information content (AvgIpc) is 2.89. The van der Waals surface area contributed by atoms with Gasteiger partial charge in [-0.2, -0.15) is 0 Å². The molecular formula is C21H26BrNO. The van der Waals surface area contributed by atoms with Crippen LogP contribution in [0.3, 0.4) is 0 Å². The summed E-state index contributed by atoms with van der Waals surface area (Å²) in [6.07, 6.45) is 4.73. The Morgan fingerprint density at radius 1 is 0.833 bits per heavy atom. The molecule has 2 aromatic carbocycles. The van der Waals surface area contributed by atoms with Crippen LogP contribution in [0.4, 0.5) is 0 Å². The van der Waals surface area contributed by atoms with E-state index in [9.17, 15) is 5.11 Å². The summed E-state index contributed by atoms with van der Waals surface area (Å²) in [6.45, 7) is 3.22. The third kappa shape index (κ3) is 4.69. The first-order chi connectivity index (χ1) is 11.7. The van der Waals surface area contributed by atoms with E-state index < -0.39 is 6.10 Å². The van der Waals surface area contributed by atoms with Gasteiger partial charge < -0.3 is 10.0 Å². The highest BCUT2D eigenvalue weighted by Crippen LogP contribution is 2.33. The van der Waals surface area contributed by atoms with Crippen LogP contribution in [0.25, 0.3) is 0 Å². The Kier molecular flexibility index (Phi) is 6.47. The lowest BCUT2D eigenvalue weighted by Gasteiger charge is -2.30. The Bertz CT molecular complexity index is 605. The van der Waals surface area contributed by atoms with Gasteiger partial charge in [0.15, 0.2) is 0 Å². The molecule has 0 spiro atoms. The van der Waals surface area contributed by atoms with Gasteiger partial charge in [0.25, 0.3) is 0 Å². The molecule has 0 aliphatic carbocycles. The van der Waals surface area contributed by atoms with Gasteiger partial charge in [0.1, 0.15) is 0 Å². The van der Waals surface area contributed by atoms with Crippen LogP contribution in [0.2, 0.25) is 0 Å². The fourth-order valence-corrected chi connectivity index (χ4v) is 3.84. The topological polar surface area (TPSA) is 23.5 Å². The van der Waals surface area contributed by atoms with Crippen LogP contribution < -0.4 is 0 Å². The molecule has 0 saturated carbocycles. The molecule has 0 bridgehead atoms. The lowest BCUT2D eigenvalue weighted by Crippen LogP contribution is -2.32. The molecule has 0 radical (unpaired) electrons. The third-order valence-corrected chi connectivity index (χ3v) is 5.50. The van der Waals surface area contributed by atoms with Crippen molar-refractivity contribution in [3.8, 4) is 0 Å². The highest BCUT2D eigenvalue weighted by Gasteiger charge is 2.25. The van der Waals surface area contributed by atoms with Gasteiger partial charge in [0.2, 0.25) is 0 Å². The molecule has 2 atom stereocenters. The summed E-state index contributed by atoms with van der Waals surface area (Å²) in [4.78, 5) is 2.53. The first-order valence-corrected chi connectivity index (χ1v) is 9.74. The molecule has 0 unspecified atom stereocenters. The normalized spacial score (nSPS) is 18.8. The van der Waals surface area contributed by atoms with E-state index in [0.29, 0.717) is 0 Å². The number of halogens is 1. The SMILES string of the molecule is O[C@H](c1ccc(Br)cc1)[C@H](CN1CCCCCC1)c1ccccc1. The second kappa shape index (κ2) is 8.80. The minimum Gasteiger partial charge on any atom is -0.388 e. The molecule has 3 rings (SSSR count). The molecule has 24 heavy (non-hydrogen) atoms. The Balaban J connectivity index is 1.82. The number of hydrogen-bond acceptors (Lipinski definition) is 2. The lowest BCUT2D eigenvalue weighted by atomic mass is 9.88. The summed E-state index contributed by atoms with van der Waals surface area (Å²) in [6, 6.07) is 18.5. The molecule has 1 N–H and O–H groups in total. The van der Waals surface area contributed by atoms with Crippen LogP contribution in [0, 0.1) is 0 Å². The van der Waals surface area contributed by atoms with Gasteiger partial charge in [0, 0.05) is 16.9 Å². The summed E-state index contributed by atoms with van der Waals surface area (Å²) in [7, 11) is 0. The van der Waals surface area contributed by atoms with E-state index in [1.807, 2.05) is 30.3 Å². The number of rotatable bonds is 5. The Labute approximate surface area is 153 Å². The smallest absolute Gasteiger partial charge is 0.0870 e. The van der Waals surface area contributed by atoms with E-state index in [0.717, 1.165) is 29.7 Å². The Morgan fingerprint density at radius 2 is 1.46 bits per heavy atom. The van der Waals surface area contributed by atoms with Crippen LogP contribution in [-0.2, 0) is 0 Å². The molecule has 1 fully saturated rings. The van der Waals surface area contributed by atoms with Crippen molar-refractivity contribution in [1.82, 2.24) is 4.90 Å². The van der Waals surface area contributed by atoms with Gasteiger partial charge in [0.05, 0.1) is 6.10 Å². The van der Waals surface area contributed by atoms with Crippen molar-refractivity contribution < 1.29 is 5.11 Å². The van der Waals surface area contributed by atoms with Crippen LogP contribution in [0.15, 0.2) is 59.1 Å². The third-order valence-electron chi connectivity index (χ3n) is 4.97. The van der Waals surface area contributed by atoms with Crippen LogP contribution >= 0.6 is 15.9 Å². The quantitative estimate of drug-likeness (QED) is 0.767. The fourth-order valence-electron chi connectivity index (χ4n) is 3.58. The fraction of sp³-hybridized carbons (Fsp3) is 0.429. The summed E-state index contributed by atoms with van der Waals surface area (Å²) in [5.74, 6) is 0.102. The summed E-state index contributed by atoms with van der Waals surface area (Å²) in [5, 5.41) is 11.1. The van der Waals surface area contributed by atoms with Crippen molar-refractivity contribution in [2.24, 2.45) is 0 Å². The van der Waals surface area contributed by atoms with Crippen molar-refractivity contribution in [2.75, 3.05) is 19.6 Å². The second-order valence-electron chi connectivity index (χ2n) is 6.73. The van der Waals surface area contributed by atoms with E-state index in [1.54, 1.807) is 0 Å². The Morgan fingerprint density at radius 3 is 2.08 bits per heavy atom. The molecule has 1 aliphatic heterocycles. The van der Waals surface area contributed by atoms with Crippen LogP contribution in [0.1, 0.15) is 48.8 Å². The zero-order chi connectivity index (χ0) is 16.8. The first-order valence-electron chi connectivity index (χ1n) is 8.95. The van der Waals surface area contributed by atoms with Gasteiger partial charge in [-0.15, -0.1) is 0 Å². The largest absolute Gasteiger partial charge is 0.388 e. The monoisotopic (exact) mass is 387 g/mol. The summed E-state index contributed by atoms with van der Waals surface area (Å²) < 4.78 is 1.04. The zero-order valence-electron chi connectivity index (χ0n) is 14.1. The highest BCUT2D eigenvalue weighted by molar-refractivity contribution is 9.10. The molecule has 128 valence electrons. The minimum atomic E-state index is -0.483. The highest BCUT2D eigenvalue weighted by atomic mass is 79.9. The number of aliphatic hydroxyl groups excluding tert-OH is 1. The number of hydrogen-bond donors (Lipinski definition) is 1. The van der Waals surface area contributed by atoms with Gasteiger partial charge >= 0.3 is 0 Å². The van der Waals surface area contributed by atoms with E-state index >= 15 is 0 Å². The zero-order valence-corrected chi connectivity index (χ0v) is 15.7. The summed E-state index contributed by atoms with van der Waals surface area (Å²) in [5.41, 5.74) is 2.21. The molecule has 2 aromatic rings. The first kappa shape index (κ1) is 17.7. The summed E-state index contributed by atoms with van der Waals surface area (Å²) >= 11 is 3.47. The Hall–Kier alpha value is -1.16. The van der Waals surface area contributed by atoms with E-state index in [4.69, 9.17) is 0 Å². The van der Waals surface area contributed by atoms with Gasteiger partial charge in [-0.3, -0.25) is 0 Å². The standard InChI is InChI=1S/C21H26BrNO/c22-19-12-10-18(11-13-19)21(24)20(17-8-4-3-5-9-17)16-23-14-6-1-2-7-15-23/h3-5,8-13,20-21,24H,1-2,6-7,14-16H2/t20-,21-/m1/s1. The van der Waals surface area contributed by atoms with Crippen molar-refractivity contribution in [1.29, 1.82) is 0 Å². The maximum Gasteiger partial charge on any atom is 0.0870 e. The molecule has 1 aliphatic rings. The van der Waals surface area contributed by atoms with Crippen molar-refractivity contribution >= 4 is 15.9 Å². The van der Waals surface area contributed by atoms with Crippen LogP contribution in [-0.4, -0.2) is 29.6 Å². The maximum atomic E-state index is 11.1. The maximum absolute atomic E-state index is 11.1. The number of likely N-dealkylation sites (tertiary alicyclic amines) is 1. The molecule has 1 heterocycles. The molecule has 2 nitrogen and oxygen atoms in total. The van der Waals surface area contributed by atoms with Crippen molar-refractivity contribution in [3.05, 3.63) is 70.2 Å². The van der Waals surface area contributed by atoms with Crippen molar-refractivity contribution in [2.45, 2.75) is 37.7 Å². The predicted molar refractivity (Wildman–Crippen MR) is 103 cm³/mol. The minimum absolute atomic E-state index is 0.102. The number of nitrogens with zero attached hydrogens (tertiary/aromatic N) is 1. The van der Waals surface area contributed by atoms with Gasteiger partial charge in [-0.05, 0) is 49.2 Å². The van der Waals surface area contributed by atoms with E-state index in [-0.39, 0.29) is 5.92 Å². The molecular weight excluding hydrogens is 362 g/mol. The van der Waals surface area contributed by atoms with Crippen LogP contribution in [0.5, 0.6) is 0 Å². The number of aliphatic hydroxyl groups is 1. The number of benzene rings is 2. The molecule has 1 saturated heterocycles. The average molecular weight is 388 g/mol. The van der Waals surface area contributed by atoms with Crippen molar-refractivity contribution in [3.63, 3.8) is 0 Å². The van der Waals surface area contributed by atoms with E-state index in [1.165, 1.54) is 31.2 Å².